The Kier molecular flexibility index (Phi) is 5.32. The molecule has 0 saturated heterocycles. The van der Waals surface area contributed by atoms with E-state index in [0.717, 1.165) is 32.1 Å². The molecule has 4 saturated carbocycles. The van der Waals surface area contributed by atoms with Crippen LogP contribution in [-0.2, 0) is 9.53 Å². The molecule has 4 aliphatic rings. The van der Waals surface area contributed by atoms with Crippen molar-refractivity contribution < 1.29 is 18.3 Å². The van der Waals surface area contributed by atoms with Gasteiger partial charge in [-0.05, 0) is 98.2 Å². The van der Waals surface area contributed by atoms with Crippen LogP contribution in [0.5, 0.6) is 0 Å². The van der Waals surface area contributed by atoms with Gasteiger partial charge in [0.2, 0.25) is 5.92 Å². The molecule has 2 nitrogen and oxygen atoms in total. The normalized spacial score (nSPS) is 47.0. The lowest BCUT2D eigenvalue weighted by Crippen LogP contribution is -2.55. The fourth-order valence-electron chi connectivity index (χ4n) is 8.49. The number of esters is 1. The maximum Gasteiger partial charge on any atom is 0.305 e. The maximum absolute atomic E-state index is 14.4. The van der Waals surface area contributed by atoms with Crippen LogP contribution in [0.15, 0.2) is 0 Å². The van der Waals surface area contributed by atoms with Crippen molar-refractivity contribution in [3.63, 3.8) is 0 Å². The zero-order valence-electron chi connectivity index (χ0n) is 17.9. The molecule has 0 N–H and O–H groups in total. The maximum atomic E-state index is 14.4. The number of halogens is 2. The highest BCUT2D eigenvalue weighted by Gasteiger charge is 2.62. The summed E-state index contributed by atoms with van der Waals surface area (Å²) in [6.45, 7) is 4.70. The minimum absolute atomic E-state index is 0.104. The van der Waals surface area contributed by atoms with E-state index in [1.54, 1.807) is 0 Å². The van der Waals surface area contributed by atoms with Crippen LogP contribution in [-0.4, -0.2) is 19.0 Å². The van der Waals surface area contributed by atoms with Crippen molar-refractivity contribution >= 4 is 5.97 Å². The molecule has 160 valence electrons. The summed E-state index contributed by atoms with van der Waals surface area (Å²) in [7, 11) is 1.46. The van der Waals surface area contributed by atoms with Gasteiger partial charge in [0.05, 0.1) is 7.11 Å². The molecule has 4 heteroatoms. The van der Waals surface area contributed by atoms with Crippen molar-refractivity contribution in [1.82, 2.24) is 0 Å². The summed E-state index contributed by atoms with van der Waals surface area (Å²) in [5.41, 5.74) is 0.187. The summed E-state index contributed by atoms with van der Waals surface area (Å²) in [4.78, 5) is 11.5. The molecule has 0 spiro atoms. The summed E-state index contributed by atoms with van der Waals surface area (Å²) >= 11 is 0. The number of hydrogen-bond acceptors (Lipinski definition) is 2. The molecular weight excluding hydrogens is 358 g/mol. The van der Waals surface area contributed by atoms with E-state index in [-0.39, 0.29) is 24.2 Å². The van der Waals surface area contributed by atoms with Crippen LogP contribution in [0.4, 0.5) is 8.78 Å². The monoisotopic (exact) mass is 396 g/mol. The lowest BCUT2D eigenvalue weighted by Gasteiger charge is -2.61. The van der Waals surface area contributed by atoms with Gasteiger partial charge in [-0.1, -0.05) is 13.8 Å². The molecule has 7 unspecified atom stereocenters. The number of methoxy groups -OCH3 is 1. The van der Waals surface area contributed by atoms with Crippen LogP contribution in [0, 0.1) is 40.4 Å². The molecule has 0 aromatic carbocycles. The Morgan fingerprint density at radius 3 is 2.46 bits per heavy atom. The fourth-order valence-corrected chi connectivity index (χ4v) is 8.49. The Bertz CT molecular complexity index is 605. The Morgan fingerprint density at radius 1 is 0.964 bits per heavy atom. The van der Waals surface area contributed by atoms with Gasteiger partial charge in [0, 0.05) is 19.3 Å². The predicted octanol–water partition coefficient (Wildman–Crippen LogP) is 6.62. The van der Waals surface area contributed by atoms with E-state index in [2.05, 4.69) is 13.8 Å². The summed E-state index contributed by atoms with van der Waals surface area (Å²) in [6.07, 6.45) is 10.8. The van der Waals surface area contributed by atoms with Crippen molar-refractivity contribution in [2.75, 3.05) is 7.11 Å². The first kappa shape index (κ1) is 20.6. The summed E-state index contributed by atoms with van der Waals surface area (Å²) in [5.74, 6) is 0.454. The second-order valence-corrected chi connectivity index (χ2v) is 11.0. The van der Waals surface area contributed by atoms with Crippen molar-refractivity contribution in [3.05, 3.63) is 0 Å². The van der Waals surface area contributed by atoms with E-state index in [1.807, 2.05) is 0 Å². The van der Waals surface area contributed by atoms with Crippen LogP contribution in [0.1, 0.15) is 90.9 Å². The predicted molar refractivity (Wildman–Crippen MR) is 106 cm³/mol. The number of alkyl halides is 2. The largest absolute Gasteiger partial charge is 0.469 e. The smallest absolute Gasteiger partial charge is 0.305 e. The standard InChI is InChI=1S/C24H38F2O2/c1-22-13-12-20-18(9-7-17-11-14-24(25,26)15-23(17,20)2)19(22)10-8-16(22)5-4-6-21(27)28-3/h16-20H,4-15H2,1-3H3. The van der Waals surface area contributed by atoms with Crippen molar-refractivity contribution in [3.8, 4) is 0 Å². The van der Waals surface area contributed by atoms with Gasteiger partial charge in [-0.2, -0.15) is 0 Å². The lowest BCUT2D eigenvalue weighted by molar-refractivity contribution is -0.172. The Balaban J connectivity index is 1.47. The van der Waals surface area contributed by atoms with E-state index in [0.29, 0.717) is 41.4 Å². The van der Waals surface area contributed by atoms with Gasteiger partial charge in [-0.15, -0.1) is 0 Å². The van der Waals surface area contributed by atoms with E-state index in [1.165, 1.54) is 32.8 Å². The Labute approximate surface area is 169 Å². The molecule has 0 bridgehead atoms. The highest BCUT2D eigenvalue weighted by atomic mass is 19.3. The van der Waals surface area contributed by atoms with Crippen molar-refractivity contribution in [2.45, 2.75) is 96.8 Å². The van der Waals surface area contributed by atoms with Crippen LogP contribution in [0.2, 0.25) is 0 Å². The number of rotatable bonds is 4. The Hall–Kier alpha value is -0.670. The van der Waals surface area contributed by atoms with E-state index >= 15 is 0 Å². The van der Waals surface area contributed by atoms with Gasteiger partial charge in [-0.25, -0.2) is 8.78 Å². The molecule has 4 rings (SSSR count). The van der Waals surface area contributed by atoms with Gasteiger partial charge >= 0.3 is 5.97 Å². The minimum atomic E-state index is -2.46. The minimum Gasteiger partial charge on any atom is -0.469 e. The summed E-state index contributed by atoms with van der Waals surface area (Å²) in [6, 6.07) is 0. The third-order valence-corrected chi connectivity index (χ3v) is 9.92. The first-order valence-electron chi connectivity index (χ1n) is 11.6. The van der Waals surface area contributed by atoms with Crippen LogP contribution >= 0.6 is 0 Å². The highest BCUT2D eigenvalue weighted by Crippen LogP contribution is 2.68. The molecule has 0 radical (unpaired) electrons. The Morgan fingerprint density at radius 2 is 1.71 bits per heavy atom. The number of carbonyl (C=O) groups excluding carboxylic acids is 1. The SMILES string of the molecule is COC(=O)CCCC1CCC2C3CCC4CCC(F)(F)CC4(C)C3CCC12C. The quantitative estimate of drug-likeness (QED) is 0.499. The average Bonchev–Trinajstić information content (AvgIpc) is 2.96. The van der Waals surface area contributed by atoms with E-state index in [4.69, 9.17) is 4.74 Å². The van der Waals surface area contributed by atoms with Gasteiger partial charge < -0.3 is 4.74 Å². The molecule has 4 fully saturated rings. The van der Waals surface area contributed by atoms with Gasteiger partial charge in [0.25, 0.3) is 0 Å². The van der Waals surface area contributed by atoms with Crippen LogP contribution in [0.3, 0.4) is 0 Å². The molecule has 0 aliphatic heterocycles. The number of hydrogen-bond donors (Lipinski definition) is 0. The molecule has 0 aromatic heterocycles. The van der Waals surface area contributed by atoms with Gasteiger partial charge in [-0.3, -0.25) is 4.79 Å². The second kappa shape index (κ2) is 7.23. The third kappa shape index (κ3) is 3.31. The fraction of sp³-hybridized carbons (Fsp3) is 0.958. The average molecular weight is 397 g/mol. The second-order valence-electron chi connectivity index (χ2n) is 11.0. The summed E-state index contributed by atoms with van der Waals surface area (Å²) < 4.78 is 33.6. The zero-order valence-corrected chi connectivity index (χ0v) is 17.9. The summed E-state index contributed by atoms with van der Waals surface area (Å²) in [5, 5.41) is 0. The van der Waals surface area contributed by atoms with E-state index in [9.17, 15) is 13.6 Å². The molecule has 0 amide bonds. The topological polar surface area (TPSA) is 26.3 Å². The highest BCUT2D eigenvalue weighted by molar-refractivity contribution is 5.68. The van der Waals surface area contributed by atoms with Gasteiger partial charge in [0.15, 0.2) is 0 Å². The first-order chi connectivity index (χ1) is 13.2. The molecule has 0 heterocycles. The molecule has 7 atom stereocenters. The number of ether oxygens (including phenoxy) is 1. The number of carbonyl (C=O) groups is 1. The van der Waals surface area contributed by atoms with Crippen molar-refractivity contribution in [2.24, 2.45) is 40.4 Å². The molecule has 28 heavy (non-hydrogen) atoms. The molecular formula is C24H38F2O2. The molecule has 0 aromatic rings. The van der Waals surface area contributed by atoms with Gasteiger partial charge in [0.1, 0.15) is 0 Å². The third-order valence-electron chi connectivity index (χ3n) is 9.92. The lowest BCUT2D eigenvalue weighted by atomic mass is 9.44. The first-order valence-corrected chi connectivity index (χ1v) is 11.6. The van der Waals surface area contributed by atoms with Crippen molar-refractivity contribution in [1.29, 1.82) is 0 Å². The zero-order chi connectivity index (χ0) is 20.2. The molecule has 4 aliphatic carbocycles. The van der Waals surface area contributed by atoms with Crippen LogP contribution in [0.25, 0.3) is 0 Å². The van der Waals surface area contributed by atoms with E-state index < -0.39 is 5.92 Å². The number of fused-ring (bicyclic) bond motifs is 5. The van der Waals surface area contributed by atoms with Crippen LogP contribution < -0.4 is 0 Å².